The Balaban J connectivity index is 1.27. The minimum Gasteiger partial charge on any atom is -0.478 e. The molecule has 0 aliphatic rings. The van der Waals surface area contributed by atoms with Crippen molar-refractivity contribution in [2.75, 3.05) is 0 Å². The molecule has 5 aromatic rings. The van der Waals surface area contributed by atoms with Gasteiger partial charge in [0.05, 0.1) is 12.0 Å². The van der Waals surface area contributed by atoms with E-state index in [0.717, 1.165) is 38.8 Å². The number of hydrogen-bond acceptors (Lipinski definition) is 4. The quantitative estimate of drug-likeness (QED) is 0.269. The minimum atomic E-state index is -0.967. The monoisotopic (exact) mass is 488 g/mol. The zero-order chi connectivity index (χ0) is 25.6. The number of pyridine rings is 1. The highest BCUT2D eigenvalue weighted by atomic mass is 16.5. The van der Waals surface area contributed by atoms with Crippen LogP contribution in [0.1, 0.15) is 21.5 Å². The van der Waals surface area contributed by atoms with E-state index >= 15 is 0 Å². The fourth-order valence-electron chi connectivity index (χ4n) is 4.22. The second kappa shape index (κ2) is 10.7. The maximum absolute atomic E-state index is 12.7. The number of fused-ring (bicyclic) bond motifs is 1. The Labute approximate surface area is 214 Å². The highest BCUT2D eigenvalue weighted by Crippen LogP contribution is 2.31. The number of carbonyl (C=O) groups is 2. The number of amides is 1. The van der Waals surface area contributed by atoms with Gasteiger partial charge in [-0.05, 0) is 70.1 Å². The lowest BCUT2D eigenvalue weighted by Crippen LogP contribution is -2.24. The predicted octanol–water partition coefficient (Wildman–Crippen LogP) is 6.25. The van der Waals surface area contributed by atoms with E-state index in [4.69, 9.17) is 4.74 Å². The lowest BCUT2D eigenvalue weighted by Gasteiger charge is -2.13. The maximum Gasteiger partial charge on any atom is 0.335 e. The van der Waals surface area contributed by atoms with Gasteiger partial charge in [-0.1, -0.05) is 54.6 Å². The molecule has 0 bridgehead atoms. The molecule has 0 unspecified atom stereocenters. The molecule has 6 heteroatoms. The number of benzene rings is 4. The third-order valence-electron chi connectivity index (χ3n) is 6.07. The van der Waals surface area contributed by atoms with Gasteiger partial charge in [0.15, 0.2) is 0 Å². The zero-order valence-electron chi connectivity index (χ0n) is 19.9. The standard InChI is InChI=1S/C31H24N2O4/c34-30(17-21-9-12-26(13-10-21)37-25-7-2-1-3-8-25)33-19-24-11-14-27(28-15-16-32-20-29(24)28)22-5-4-6-23(18-22)31(35)36/h1-16,18,20H,17,19H2,(H,33,34)(H,35,36). The fraction of sp³-hybridized carbons (Fsp3) is 0.0645. The van der Waals surface area contributed by atoms with E-state index in [9.17, 15) is 14.7 Å². The molecular formula is C31H24N2O4. The summed E-state index contributed by atoms with van der Waals surface area (Å²) in [6.45, 7) is 0.353. The summed E-state index contributed by atoms with van der Waals surface area (Å²) in [7, 11) is 0. The lowest BCUT2D eigenvalue weighted by atomic mass is 9.95. The van der Waals surface area contributed by atoms with Crippen molar-refractivity contribution in [1.29, 1.82) is 0 Å². The van der Waals surface area contributed by atoms with Crippen LogP contribution in [0.15, 0.2) is 109 Å². The van der Waals surface area contributed by atoms with E-state index in [1.807, 2.05) is 78.9 Å². The summed E-state index contributed by atoms with van der Waals surface area (Å²) in [5.41, 5.74) is 3.77. The van der Waals surface area contributed by atoms with Gasteiger partial charge < -0.3 is 15.2 Å². The molecular weight excluding hydrogens is 464 g/mol. The summed E-state index contributed by atoms with van der Waals surface area (Å²) < 4.78 is 5.81. The van der Waals surface area contributed by atoms with Crippen molar-refractivity contribution in [3.05, 3.63) is 126 Å². The largest absolute Gasteiger partial charge is 0.478 e. The minimum absolute atomic E-state index is 0.0907. The topological polar surface area (TPSA) is 88.5 Å². The Bertz CT molecular complexity index is 1560. The Kier molecular flexibility index (Phi) is 6.90. The second-order valence-corrected chi connectivity index (χ2v) is 8.59. The molecule has 182 valence electrons. The Morgan fingerprint density at radius 2 is 1.59 bits per heavy atom. The zero-order valence-corrected chi connectivity index (χ0v) is 19.9. The number of nitrogens with zero attached hydrogens (tertiary/aromatic N) is 1. The molecule has 0 aliphatic heterocycles. The Hall–Kier alpha value is -4.97. The third-order valence-corrected chi connectivity index (χ3v) is 6.07. The number of hydrogen-bond donors (Lipinski definition) is 2. The molecule has 0 fully saturated rings. The highest BCUT2D eigenvalue weighted by molar-refractivity contribution is 5.99. The van der Waals surface area contributed by atoms with Crippen LogP contribution < -0.4 is 10.1 Å². The molecule has 0 saturated carbocycles. The number of carbonyl (C=O) groups excluding carboxylic acids is 1. The first-order valence-corrected chi connectivity index (χ1v) is 11.8. The molecule has 37 heavy (non-hydrogen) atoms. The molecule has 1 aromatic heterocycles. The number of nitrogens with one attached hydrogen (secondary N) is 1. The van der Waals surface area contributed by atoms with Crippen molar-refractivity contribution >= 4 is 22.6 Å². The van der Waals surface area contributed by atoms with Crippen molar-refractivity contribution in [2.24, 2.45) is 0 Å². The predicted molar refractivity (Wildman–Crippen MR) is 143 cm³/mol. The molecule has 0 spiro atoms. The average Bonchev–Trinajstić information content (AvgIpc) is 2.93. The van der Waals surface area contributed by atoms with Crippen molar-refractivity contribution < 1.29 is 19.4 Å². The number of carboxylic acid groups (broad SMARTS) is 1. The van der Waals surface area contributed by atoms with E-state index < -0.39 is 5.97 Å². The molecule has 6 nitrogen and oxygen atoms in total. The summed E-state index contributed by atoms with van der Waals surface area (Å²) in [4.78, 5) is 28.4. The van der Waals surface area contributed by atoms with E-state index in [1.54, 1.807) is 30.6 Å². The first kappa shape index (κ1) is 23.8. The molecule has 0 aliphatic carbocycles. The van der Waals surface area contributed by atoms with Gasteiger partial charge in [-0.3, -0.25) is 9.78 Å². The van der Waals surface area contributed by atoms with Crippen molar-refractivity contribution in [3.63, 3.8) is 0 Å². The van der Waals surface area contributed by atoms with Crippen LogP contribution in [0, 0.1) is 0 Å². The number of aromatic nitrogens is 1. The van der Waals surface area contributed by atoms with E-state index in [0.29, 0.717) is 12.3 Å². The maximum atomic E-state index is 12.7. The van der Waals surface area contributed by atoms with Gasteiger partial charge in [0.2, 0.25) is 5.91 Å². The SMILES string of the molecule is O=C(Cc1ccc(Oc2ccccc2)cc1)NCc1ccc(-c2cccc(C(=O)O)c2)c2ccncc12. The number of carboxylic acids is 1. The molecule has 1 heterocycles. The Morgan fingerprint density at radius 3 is 2.38 bits per heavy atom. The molecule has 4 aromatic carbocycles. The number of aromatic carboxylic acids is 1. The van der Waals surface area contributed by atoms with Crippen LogP contribution in [0.5, 0.6) is 11.5 Å². The van der Waals surface area contributed by atoms with Crippen LogP contribution in [0.3, 0.4) is 0 Å². The van der Waals surface area contributed by atoms with Gasteiger partial charge in [0.25, 0.3) is 0 Å². The van der Waals surface area contributed by atoms with Crippen LogP contribution in [0.2, 0.25) is 0 Å². The van der Waals surface area contributed by atoms with Crippen LogP contribution in [-0.4, -0.2) is 22.0 Å². The molecule has 5 rings (SSSR count). The van der Waals surface area contributed by atoms with E-state index in [-0.39, 0.29) is 17.9 Å². The van der Waals surface area contributed by atoms with Gasteiger partial charge in [-0.2, -0.15) is 0 Å². The van der Waals surface area contributed by atoms with Gasteiger partial charge in [-0.25, -0.2) is 4.79 Å². The van der Waals surface area contributed by atoms with Gasteiger partial charge in [0, 0.05) is 24.3 Å². The van der Waals surface area contributed by atoms with Crippen molar-refractivity contribution in [3.8, 4) is 22.6 Å². The summed E-state index contributed by atoms with van der Waals surface area (Å²) >= 11 is 0. The second-order valence-electron chi connectivity index (χ2n) is 8.59. The van der Waals surface area contributed by atoms with E-state index in [1.165, 1.54) is 0 Å². The van der Waals surface area contributed by atoms with E-state index in [2.05, 4.69) is 10.3 Å². The summed E-state index contributed by atoms with van der Waals surface area (Å²) in [5.74, 6) is 0.413. The van der Waals surface area contributed by atoms with Gasteiger partial charge >= 0.3 is 5.97 Å². The van der Waals surface area contributed by atoms with Crippen LogP contribution in [-0.2, 0) is 17.8 Å². The van der Waals surface area contributed by atoms with Gasteiger partial charge in [-0.15, -0.1) is 0 Å². The number of rotatable bonds is 8. The molecule has 2 N–H and O–H groups in total. The Morgan fingerprint density at radius 1 is 0.811 bits per heavy atom. The summed E-state index contributed by atoms with van der Waals surface area (Å²) in [5, 5.41) is 14.2. The van der Waals surface area contributed by atoms with Gasteiger partial charge in [0.1, 0.15) is 11.5 Å². The lowest BCUT2D eigenvalue weighted by molar-refractivity contribution is -0.120. The summed E-state index contributed by atoms with van der Waals surface area (Å²) in [6.07, 6.45) is 3.73. The molecule has 1 amide bonds. The number of ether oxygens (including phenoxy) is 1. The fourth-order valence-corrected chi connectivity index (χ4v) is 4.22. The molecule has 0 saturated heterocycles. The molecule has 0 atom stereocenters. The first-order valence-electron chi connectivity index (χ1n) is 11.8. The van der Waals surface area contributed by atoms with Crippen molar-refractivity contribution in [2.45, 2.75) is 13.0 Å². The first-order chi connectivity index (χ1) is 18.1. The van der Waals surface area contributed by atoms with Crippen LogP contribution in [0.25, 0.3) is 21.9 Å². The normalized spacial score (nSPS) is 10.7. The third kappa shape index (κ3) is 5.65. The van der Waals surface area contributed by atoms with Crippen LogP contribution in [0.4, 0.5) is 0 Å². The smallest absolute Gasteiger partial charge is 0.335 e. The van der Waals surface area contributed by atoms with Crippen LogP contribution >= 0.6 is 0 Å². The average molecular weight is 489 g/mol. The number of para-hydroxylation sites is 1. The highest BCUT2D eigenvalue weighted by Gasteiger charge is 2.12. The summed E-state index contributed by atoms with van der Waals surface area (Å²) in [6, 6.07) is 29.7. The van der Waals surface area contributed by atoms with Crippen molar-refractivity contribution in [1.82, 2.24) is 10.3 Å². The molecule has 0 radical (unpaired) electrons.